The summed E-state index contributed by atoms with van der Waals surface area (Å²) in [6.45, 7) is 4.04. The van der Waals surface area contributed by atoms with Gasteiger partial charge in [0.25, 0.3) is 0 Å². The first-order chi connectivity index (χ1) is 18.9. The summed E-state index contributed by atoms with van der Waals surface area (Å²) in [5.74, 6) is 0.763. The molecule has 1 aromatic heterocycles. The van der Waals surface area contributed by atoms with Crippen LogP contribution in [0.1, 0.15) is 30.7 Å². The predicted octanol–water partition coefficient (Wildman–Crippen LogP) is 4.03. The van der Waals surface area contributed by atoms with E-state index >= 15 is 0 Å². The number of aliphatic imine (C=N–C) groups is 1. The van der Waals surface area contributed by atoms with Crippen LogP contribution in [0, 0.1) is 0 Å². The molecule has 2 aromatic carbocycles. The van der Waals surface area contributed by atoms with Gasteiger partial charge in [-0.15, -0.1) is 37.0 Å². The molecule has 7 unspecified atom stereocenters. The van der Waals surface area contributed by atoms with Gasteiger partial charge in [-0.25, -0.2) is 0 Å². The average molecular weight is 650 g/mol. The molecule has 0 aliphatic carbocycles. The fourth-order valence-electron chi connectivity index (χ4n) is 4.62. The average Bonchev–Trinajstić information content (AvgIpc) is 2.90. The van der Waals surface area contributed by atoms with Crippen LogP contribution in [0.3, 0.4) is 0 Å². The van der Waals surface area contributed by atoms with Crippen LogP contribution in [-0.4, -0.2) is 50.0 Å². The number of aromatic nitrogens is 1. The highest BCUT2D eigenvalue weighted by Crippen LogP contribution is 2.51. The largest absolute Gasteiger partial charge is 0.483 e. The van der Waals surface area contributed by atoms with Gasteiger partial charge in [0.2, 0.25) is 0 Å². The number of aliphatic hydroxyl groups is 1. The van der Waals surface area contributed by atoms with Gasteiger partial charge in [-0.3, -0.25) is 9.98 Å². The summed E-state index contributed by atoms with van der Waals surface area (Å²) < 4.78 is 6.14. The molecule has 4 rings (SSSR count). The van der Waals surface area contributed by atoms with Crippen molar-refractivity contribution in [2.45, 2.75) is 53.5 Å². The number of nitrogens with zero attached hydrogens (tertiary/aromatic N) is 2. The molecule has 3 aromatic rings. The molecular formula is C28H40N4O2P6. The number of benzene rings is 2. The first kappa shape index (κ1) is 32.3. The van der Waals surface area contributed by atoms with Crippen molar-refractivity contribution in [1.29, 1.82) is 0 Å². The van der Waals surface area contributed by atoms with Crippen LogP contribution in [0.5, 0.6) is 5.75 Å². The second-order valence-corrected chi connectivity index (χ2v) is 18.7. The molecule has 0 saturated heterocycles. The molecule has 0 saturated carbocycles. The SMILES string of the molecule is C[C@H](P)C(C)(P)Oc1cc(P)cc([C@](Cc2ccccc2)(NC2=N[C@H](CO)[C@@H](N)C(P)(P)P2)c2ccccn2)c1. The van der Waals surface area contributed by atoms with Crippen molar-refractivity contribution in [3.05, 3.63) is 89.7 Å². The van der Waals surface area contributed by atoms with E-state index in [1.54, 1.807) is 0 Å². The Kier molecular flexibility index (Phi) is 10.8. The van der Waals surface area contributed by atoms with Crippen LogP contribution < -0.4 is 21.1 Å². The normalized spacial score (nSPS) is 23.0. The smallest absolute Gasteiger partial charge is 0.124 e. The van der Waals surface area contributed by atoms with Gasteiger partial charge < -0.3 is 20.9 Å². The van der Waals surface area contributed by atoms with E-state index in [1.807, 2.05) is 36.5 Å². The zero-order valence-electron chi connectivity index (χ0n) is 22.8. The molecule has 0 bridgehead atoms. The third-order valence-corrected chi connectivity index (χ3v) is 12.1. The Bertz CT molecular complexity index is 1330. The summed E-state index contributed by atoms with van der Waals surface area (Å²) >= 11 is 0. The number of aliphatic hydroxyl groups excluding tert-OH is 1. The number of nitrogens with one attached hydrogen (secondary N) is 1. The quantitative estimate of drug-likeness (QED) is 0.305. The molecule has 0 spiro atoms. The second kappa shape index (κ2) is 13.3. The Morgan fingerprint density at radius 3 is 2.48 bits per heavy atom. The van der Waals surface area contributed by atoms with Crippen LogP contribution in [-0.2, 0) is 12.0 Å². The van der Waals surface area contributed by atoms with Crippen molar-refractivity contribution in [2.24, 2.45) is 10.7 Å². The van der Waals surface area contributed by atoms with Gasteiger partial charge in [-0.05, 0) is 62.3 Å². The minimum atomic E-state index is -0.796. The highest BCUT2D eigenvalue weighted by molar-refractivity contribution is 7.75. The zero-order valence-corrected chi connectivity index (χ0v) is 29.6. The van der Waals surface area contributed by atoms with E-state index in [2.05, 4.69) is 102 Å². The molecule has 0 amide bonds. The predicted molar refractivity (Wildman–Crippen MR) is 189 cm³/mol. The van der Waals surface area contributed by atoms with E-state index in [9.17, 15) is 5.11 Å². The van der Waals surface area contributed by atoms with Crippen molar-refractivity contribution in [3.8, 4) is 5.75 Å². The molecule has 1 aliphatic rings. The standard InChI is InChI=1S/C28H40N4O2P6/c1-17(35)26(2,37)34-20-12-19(13-21(36)14-20)27(23-10-6-7-11-30-23,15-18-8-4-3-5-9-18)32-25-31-22(16-33)24(29)28(38,39)40-25/h3-14,17,22,24,33,40H,15-16,29,35-39H2,1-2H3,(H,31,32)/t17-,22+,24+,26?,27-/m0/s1. The number of amidine groups is 1. The molecule has 4 N–H and O–H groups in total. The van der Waals surface area contributed by atoms with E-state index in [1.165, 1.54) is 0 Å². The third kappa shape index (κ3) is 7.46. The summed E-state index contributed by atoms with van der Waals surface area (Å²) in [6.07, 6.45) is 2.43. The number of hydrogen-bond donors (Lipinski definition) is 3. The molecule has 214 valence electrons. The fraction of sp³-hybridized carbons (Fsp3) is 0.357. The Hall–Kier alpha value is -0.640. The maximum atomic E-state index is 10.1. The summed E-state index contributed by atoms with van der Waals surface area (Å²) in [6, 6.07) is 21.9. The highest BCUT2D eigenvalue weighted by atomic mass is 31.2. The van der Waals surface area contributed by atoms with Crippen LogP contribution in [0.2, 0.25) is 0 Å². The Labute approximate surface area is 251 Å². The van der Waals surface area contributed by atoms with E-state index in [-0.39, 0.29) is 26.9 Å². The maximum absolute atomic E-state index is 10.1. The molecule has 12 heteroatoms. The van der Waals surface area contributed by atoms with Crippen molar-refractivity contribution in [2.75, 3.05) is 6.61 Å². The van der Waals surface area contributed by atoms with E-state index in [4.69, 9.17) is 20.4 Å². The summed E-state index contributed by atoms with van der Waals surface area (Å²) in [5.41, 5.74) is 9.69. The third-order valence-electron chi connectivity index (χ3n) is 7.19. The second-order valence-electron chi connectivity index (χ2n) is 10.6. The van der Waals surface area contributed by atoms with E-state index < -0.39 is 21.6 Å². The van der Waals surface area contributed by atoms with Crippen molar-refractivity contribution >= 4 is 65.7 Å². The molecule has 2 heterocycles. The zero-order chi connectivity index (χ0) is 29.1. The first-order valence-corrected chi connectivity index (χ1v) is 17.0. The van der Waals surface area contributed by atoms with E-state index in [0.717, 1.165) is 33.5 Å². The summed E-state index contributed by atoms with van der Waals surface area (Å²) in [4.78, 5) is 9.82. The number of rotatable bonds is 9. The molecule has 11 atom stereocenters. The van der Waals surface area contributed by atoms with Gasteiger partial charge in [0.1, 0.15) is 22.2 Å². The number of nitrogens with two attached hydrogens (primary N) is 1. The van der Waals surface area contributed by atoms with Crippen LogP contribution in [0.15, 0.2) is 77.9 Å². The summed E-state index contributed by atoms with van der Waals surface area (Å²) in [5, 5.41) is 14.5. The minimum absolute atomic E-state index is 0.129. The number of hydrogen-bond acceptors (Lipinski definition) is 6. The molecule has 40 heavy (non-hydrogen) atoms. The number of ether oxygens (including phenoxy) is 1. The Morgan fingerprint density at radius 1 is 1.15 bits per heavy atom. The van der Waals surface area contributed by atoms with Gasteiger partial charge in [0.15, 0.2) is 0 Å². The lowest BCUT2D eigenvalue weighted by molar-refractivity contribution is 0.185. The van der Waals surface area contributed by atoms with Gasteiger partial charge in [0, 0.05) is 29.0 Å². The van der Waals surface area contributed by atoms with Gasteiger partial charge in [0.05, 0.1) is 18.3 Å². The molecule has 0 radical (unpaired) electrons. The fourth-order valence-corrected chi connectivity index (χ4v) is 7.71. The van der Waals surface area contributed by atoms with Gasteiger partial charge in [-0.1, -0.05) is 52.6 Å². The van der Waals surface area contributed by atoms with Crippen LogP contribution >= 0.6 is 54.8 Å². The first-order valence-electron chi connectivity index (χ1n) is 13.0. The van der Waals surface area contributed by atoms with Crippen molar-refractivity contribution < 1.29 is 9.84 Å². The molecular weight excluding hydrogens is 610 g/mol. The van der Waals surface area contributed by atoms with Crippen LogP contribution in [0.25, 0.3) is 0 Å². The monoisotopic (exact) mass is 650 g/mol. The highest BCUT2D eigenvalue weighted by Gasteiger charge is 2.43. The minimum Gasteiger partial charge on any atom is -0.483 e. The molecule has 0 fully saturated rings. The lowest BCUT2D eigenvalue weighted by atomic mass is 9.80. The number of pyridine rings is 1. The Morgan fingerprint density at radius 2 is 1.85 bits per heavy atom. The van der Waals surface area contributed by atoms with Gasteiger partial charge in [-0.2, -0.15) is 0 Å². The van der Waals surface area contributed by atoms with E-state index in [0.29, 0.717) is 6.42 Å². The maximum Gasteiger partial charge on any atom is 0.124 e. The molecule has 1 aliphatic heterocycles. The lowest BCUT2D eigenvalue weighted by Crippen LogP contribution is -2.54. The Balaban J connectivity index is 1.94. The van der Waals surface area contributed by atoms with Crippen molar-refractivity contribution in [3.63, 3.8) is 0 Å². The topological polar surface area (TPSA) is 92.8 Å². The van der Waals surface area contributed by atoms with Gasteiger partial charge >= 0.3 is 0 Å². The van der Waals surface area contributed by atoms with Crippen LogP contribution in [0.4, 0.5) is 0 Å². The molecule has 6 nitrogen and oxygen atoms in total. The lowest BCUT2D eigenvalue weighted by Gasteiger charge is -2.43. The summed E-state index contributed by atoms with van der Waals surface area (Å²) in [7, 11) is 14.5. The van der Waals surface area contributed by atoms with Crippen molar-refractivity contribution in [1.82, 2.24) is 10.3 Å².